The summed E-state index contributed by atoms with van der Waals surface area (Å²) in [5, 5.41) is 0. The summed E-state index contributed by atoms with van der Waals surface area (Å²) in [7, 11) is 0. The van der Waals surface area contributed by atoms with Gasteiger partial charge in [-0.2, -0.15) is 0 Å². The highest BCUT2D eigenvalue weighted by Gasteiger charge is 2.11. The van der Waals surface area contributed by atoms with E-state index in [1.54, 1.807) is 6.20 Å². The first-order chi connectivity index (χ1) is 8.72. The molecule has 1 atom stereocenters. The maximum absolute atomic E-state index is 6.35. The highest BCUT2D eigenvalue weighted by molar-refractivity contribution is 5.36. The first-order valence-electron chi connectivity index (χ1n) is 6.47. The summed E-state index contributed by atoms with van der Waals surface area (Å²) >= 11 is 0. The molecule has 2 nitrogen and oxygen atoms in total. The molecule has 18 heavy (non-hydrogen) atoms. The number of nitrogens with zero attached hydrogens (tertiary/aromatic N) is 1. The largest absolute Gasteiger partial charge is 0.320 e. The van der Waals surface area contributed by atoms with Crippen molar-refractivity contribution in [3.8, 4) is 0 Å². The minimum absolute atomic E-state index is 0.0650. The number of nitrogens with two attached hydrogens (primary N) is 1. The summed E-state index contributed by atoms with van der Waals surface area (Å²) in [5.74, 6) is 0. The van der Waals surface area contributed by atoms with Gasteiger partial charge >= 0.3 is 0 Å². The fraction of sp³-hybridized carbons (Fsp3) is 0.312. The molecule has 0 aliphatic heterocycles. The third-order valence-corrected chi connectivity index (χ3v) is 3.25. The van der Waals surface area contributed by atoms with Gasteiger partial charge in [-0.15, -0.1) is 0 Å². The number of benzene rings is 1. The number of aromatic nitrogens is 1. The normalized spacial score (nSPS) is 12.4. The first-order valence-corrected chi connectivity index (χ1v) is 6.47. The lowest BCUT2D eigenvalue weighted by Gasteiger charge is -2.15. The number of aryl methyl sites for hydroxylation is 2. The van der Waals surface area contributed by atoms with E-state index in [9.17, 15) is 0 Å². The lowest BCUT2D eigenvalue weighted by Crippen LogP contribution is -2.13. The van der Waals surface area contributed by atoms with E-state index in [4.69, 9.17) is 5.73 Å². The molecule has 0 saturated carbocycles. The van der Waals surface area contributed by atoms with Gasteiger partial charge in [0.15, 0.2) is 0 Å². The standard InChI is InChI=1S/C16H20N2/c1-3-5-13-6-4-7-14(10-13)16(17)15-8-9-18-11-12(15)2/h4,6-11,16H,3,5,17H2,1-2H3. The molecule has 0 saturated heterocycles. The van der Waals surface area contributed by atoms with Crippen LogP contribution in [0.25, 0.3) is 0 Å². The molecule has 2 N–H and O–H groups in total. The molecule has 1 unspecified atom stereocenters. The van der Waals surface area contributed by atoms with Crippen molar-refractivity contribution in [1.29, 1.82) is 0 Å². The molecule has 2 heteroatoms. The highest BCUT2D eigenvalue weighted by Crippen LogP contribution is 2.22. The van der Waals surface area contributed by atoms with E-state index in [1.165, 1.54) is 11.1 Å². The topological polar surface area (TPSA) is 38.9 Å². The Hall–Kier alpha value is -1.67. The molecule has 0 aliphatic carbocycles. The van der Waals surface area contributed by atoms with Gasteiger partial charge in [0.25, 0.3) is 0 Å². The maximum Gasteiger partial charge on any atom is 0.0555 e. The molecule has 0 spiro atoms. The number of hydrogen-bond acceptors (Lipinski definition) is 2. The van der Waals surface area contributed by atoms with E-state index in [2.05, 4.69) is 43.1 Å². The fourth-order valence-corrected chi connectivity index (χ4v) is 2.24. The van der Waals surface area contributed by atoms with Crippen LogP contribution in [0.2, 0.25) is 0 Å². The van der Waals surface area contributed by atoms with Crippen molar-refractivity contribution in [3.05, 3.63) is 65.0 Å². The molecular weight excluding hydrogens is 220 g/mol. The Balaban J connectivity index is 2.31. The molecule has 2 rings (SSSR count). The van der Waals surface area contributed by atoms with Gasteiger partial charge in [-0.1, -0.05) is 37.6 Å². The monoisotopic (exact) mass is 240 g/mol. The average molecular weight is 240 g/mol. The quantitative estimate of drug-likeness (QED) is 0.889. The summed E-state index contributed by atoms with van der Waals surface area (Å²) in [6.07, 6.45) is 5.94. The van der Waals surface area contributed by atoms with Crippen LogP contribution in [-0.2, 0) is 6.42 Å². The predicted molar refractivity (Wildman–Crippen MR) is 75.4 cm³/mol. The van der Waals surface area contributed by atoms with Crippen molar-refractivity contribution >= 4 is 0 Å². The van der Waals surface area contributed by atoms with Crippen LogP contribution in [0.4, 0.5) is 0 Å². The second-order valence-corrected chi connectivity index (χ2v) is 4.70. The molecule has 2 aromatic rings. The lowest BCUT2D eigenvalue weighted by molar-refractivity contribution is 0.847. The van der Waals surface area contributed by atoms with E-state index < -0.39 is 0 Å². The van der Waals surface area contributed by atoms with E-state index >= 15 is 0 Å². The summed E-state index contributed by atoms with van der Waals surface area (Å²) in [5.41, 5.74) is 11.2. The van der Waals surface area contributed by atoms with Gasteiger partial charge in [0.2, 0.25) is 0 Å². The van der Waals surface area contributed by atoms with Gasteiger partial charge in [0.05, 0.1) is 6.04 Å². The Morgan fingerprint density at radius 1 is 1.28 bits per heavy atom. The van der Waals surface area contributed by atoms with Crippen LogP contribution in [0, 0.1) is 6.92 Å². The zero-order valence-corrected chi connectivity index (χ0v) is 11.1. The molecular formula is C16H20N2. The number of rotatable bonds is 4. The Morgan fingerprint density at radius 3 is 2.83 bits per heavy atom. The number of pyridine rings is 1. The molecule has 0 radical (unpaired) electrons. The number of hydrogen-bond donors (Lipinski definition) is 1. The van der Waals surface area contributed by atoms with Crippen LogP contribution in [0.5, 0.6) is 0 Å². The van der Waals surface area contributed by atoms with Crippen molar-refractivity contribution in [1.82, 2.24) is 4.98 Å². The Morgan fingerprint density at radius 2 is 2.11 bits per heavy atom. The third kappa shape index (κ3) is 2.77. The molecule has 0 fully saturated rings. The van der Waals surface area contributed by atoms with Gasteiger partial charge < -0.3 is 5.73 Å². The molecule has 0 aliphatic rings. The summed E-state index contributed by atoms with van der Waals surface area (Å²) in [6, 6.07) is 10.5. The Labute approximate surface area is 109 Å². The molecule has 1 heterocycles. The molecule has 94 valence electrons. The molecule has 0 amide bonds. The maximum atomic E-state index is 6.35. The van der Waals surface area contributed by atoms with Crippen molar-refractivity contribution in [2.75, 3.05) is 0 Å². The van der Waals surface area contributed by atoms with Gasteiger partial charge in [-0.25, -0.2) is 0 Å². The van der Waals surface area contributed by atoms with Crippen molar-refractivity contribution in [3.63, 3.8) is 0 Å². The van der Waals surface area contributed by atoms with E-state index in [1.807, 2.05) is 12.3 Å². The van der Waals surface area contributed by atoms with Gasteiger partial charge in [0.1, 0.15) is 0 Å². The van der Waals surface area contributed by atoms with Crippen LogP contribution in [0.1, 0.15) is 41.6 Å². The molecule has 1 aromatic heterocycles. The predicted octanol–water partition coefficient (Wildman–Crippen LogP) is 3.39. The smallest absolute Gasteiger partial charge is 0.0555 e. The lowest BCUT2D eigenvalue weighted by atomic mass is 9.95. The molecule has 0 bridgehead atoms. The van der Waals surface area contributed by atoms with Crippen molar-refractivity contribution in [2.45, 2.75) is 32.7 Å². The SMILES string of the molecule is CCCc1cccc(C(N)c2ccncc2C)c1. The van der Waals surface area contributed by atoms with E-state index in [-0.39, 0.29) is 6.04 Å². The highest BCUT2D eigenvalue weighted by atomic mass is 14.7. The summed E-state index contributed by atoms with van der Waals surface area (Å²) in [6.45, 7) is 4.25. The molecule has 1 aromatic carbocycles. The zero-order chi connectivity index (χ0) is 13.0. The second kappa shape index (κ2) is 5.78. The summed E-state index contributed by atoms with van der Waals surface area (Å²) in [4.78, 5) is 4.11. The second-order valence-electron chi connectivity index (χ2n) is 4.70. The third-order valence-electron chi connectivity index (χ3n) is 3.25. The van der Waals surface area contributed by atoms with Gasteiger partial charge in [-0.3, -0.25) is 4.98 Å². The average Bonchev–Trinajstić information content (AvgIpc) is 2.39. The minimum Gasteiger partial charge on any atom is -0.320 e. The summed E-state index contributed by atoms with van der Waals surface area (Å²) < 4.78 is 0. The Bertz CT molecular complexity index is 520. The van der Waals surface area contributed by atoms with Crippen LogP contribution >= 0.6 is 0 Å². The van der Waals surface area contributed by atoms with Gasteiger partial charge in [0, 0.05) is 12.4 Å². The van der Waals surface area contributed by atoms with Crippen LogP contribution in [0.3, 0.4) is 0 Å². The van der Waals surface area contributed by atoms with Crippen molar-refractivity contribution < 1.29 is 0 Å². The van der Waals surface area contributed by atoms with Crippen LogP contribution in [0.15, 0.2) is 42.7 Å². The zero-order valence-electron chi connectivity index (χ0n) is 11.1. The van der Waals surface area contributed by atoms with Crippen molar-refractivity contribution in [2.24, 2.45) is 5.73 Å². The fourth-order valence-electron chi connectivity index (χ4n) is 2.24. The van der Waals surface area contributed by atoms with Crippen LogP contribution in [-0.4, -0.2) is 4.98 Å². The van der Waals surface area contributed by atoms with Gasteiger partial charge in [-0.05, 0) is 41.7 Å². The van der Waals surface area contributed by atoms with E-state index in [0.717, 1.165) is 24.0 Å². The Kier molecular flexibility index (Phi) is 4.11. The van der Waals surface area contributed by atoms with Crippen LogP contribution < -0.4 is 5.73 Å². The minimum atomic E-state index is -0.0650. The first kappa shape index (κ1) is 12.8. The van der Waals surface area contributed by atoms with E-state index in [0.29, 0.717) is 0 Å².